The fraction of sp³-hybridized carbons (Fsp3) is 0.163. The molecule has 0 saturated carbocycles. The van der Waals surface area contributed by atoms with Gasteiger partial charge >= 0.3 is 0 Å². The quantitative estimate of drug-likeness (QED) is 0.178. The van der Waals surface area contributed by atoms with E-state index in [9.17, 15) is 0 Å². The number of pyridine rings is 1. The van der Waals surface area contributed by atoms with Crippen molar-refractivity contribution in [2.24, 2.45) is 0 Å². The van der Waals surface area contributed by atoms with Crippen molar-refractivity contribution in [2.75, 3.05) is 21.4 Å². The molecular formula is C49H44N4O. The fourth-order valence-corrected chi connectivity index (χ4v) is 8.30. The van der Waals surface area contributed by atoms with E-state index in [1.165, 1.54) is 56.0 Å². The van der Waals surface area contributed by atoms with Crippen molar-refractivity contribution in [1.82, 2.24) is 4.98 Å². The van der Waals surface area contributed by atoms with Crippen molar-refractivity contribution >= 4 is 39.9 Å². The largest absolute Gasteiger partial charge is 0.457 e. The van der Waals surface area contributed by atoms with E-state index in [0.717, 1.165) is 39.9 Å². The van der Waals surface area contributed by atoms with E-state index in [1.807, 2.05) is 12.3 Å². The Morgan fingerprint density at radius 3 is 1.85 bits per heavy atom. The first-order valence-electron chi connectivity index (χ1n) is 18.7. The molecule has 1 aromatic heterocycles. The Bertz CT molecular complexity index is 2540. The highest BCUT2D eigenvalue weighted by atomic mass is 16.5. The van der Waals surface area contributed by atoms with Gasteiger partial charge < -0.3 is 14.5 Å². The van der Waals surface area contributed by atoms with Crippen molar-refractivity contribution in [3.05, 3.63) is 168 Å². The smallest absolute Gasteiger partial charge is 0.137 e. The van der Waals surface area contributed by atoms with E-state index in [2.05, 4.69) is 190 Å². The molecule has 5 heteroatoms. The maximum Gasteiger partial charge on any atom is 0.137 e. The first-order chi connectivity index (χ1) is 26.1. The molecule has 6 aromatic carbocycles. The highest BCUT2D eigenvalue weighted by Gasteiger charge is 2.31. The number of aromatic nitrogens is 1. The second-order valence-corrected chi connectivity index (χ2v) is 15.6. The Morgan fingerprint density at radius 2 is 1.15 bits per heavy atom. The summed E-state index contributed by atoms with van der Waals surface area (Å²) in [6.45, 7) is 14.0. The molecular weight excluding hydrogens is 661 g/mol. The summed E-state index contributed by atoms with van der Waals surface area (Å²) in [6.07, 6.45) is 1.93. The van der Waals surface area contributed by atoms with E-state index in [4.69, 9.17) is 9.72 Å². The minimum absolute atomic E-state index is 0.0322. The number of hydrogen-bond acceptors (Lipinski definition) is 5. The summed E-state index contributed by atoms with van der Waals surface area (Å²) >= 11 is 0. The summed E-state index contributed by atoms with van der Waals surface area (Å²) in [4.78, 5) is 12.1. The maximum absolute atomic E-state index is 6.79. The van der Waals surface area contributed by atoms with Gasteiger partial charge in [0.15, 0.2) is 0 Å². The van der Waals surface area contributed by atoms with Crippen molar-refractivity contribution in [3.63, 3.8) is 0 Å². The average molecular weight is 705 g/mol. The van der Waals surface area contributed by atoms with Crippen LogP contribution in [0.25, 0.3) is 22.3 Å². The molecule has 0 amide bonds. The molecule has 0 bridgehead atoms. The zero-order chi connectivity index (χ0) is 37.1. The third-order valence-electron chi connectivity index (χ3n) is 10.7. The van der Waals surface area contributed by atoms with Crippen LogP contribution in [0.15, 0.2) is 146 Å². The number of para-hydroxylation sites is 3. The van der Waals surface area contributed by atoms with Gasteiger partial charge in [-0.05, 0) is 109 Å². The lowest BCUT2D eigenvalue weighted by molar-refractivity contribution is 0.483. The molecule has 0 fully saturated rings. The minimum atomic E-state index is -0.0322. The zero-order valence-corrected chi connectivity index (χ0v) is 31.8. The van der Waals surface area contributed by atoms with Gasteiger partial charge in [0.2, 0.25) is 0 Å². The van der Waals surface area contributed by atoms with Crippen LogP contribution in [0, 0.1) is 20.8 Å². The monoisotopic (exact) mass is 704 g/mol. The van der Waals surface area contributed by atoms with Gasteiger partial charge in [-0.3, -0.25) is 4.90 Å². The average Bonchev–Trinajstić information content (AvgIpc) is 3.48. The molecule has 0 N–H and O–H groups in total. The Kier molecular flexibility index (Phi) is 8.04. The number of ether oxygens (including phenoxy) is 1. The third kappa shape index (κ3) is 5.77. The second kappa shape index (κ2) is 13.0. The number of hydrogen-bond donors (Lipinski definition) is 0. The molecule has 2 aliphatic rings. The van der Waals surface area contributed by atoms with Crippen molar-refractivity contribution in [1.29, 1.82) is 0 Å². The molecule has 7 aromatic rings. The van der Waals surface area contributed by atoms with Gasteiger partial charge in [0.1, 0.15) is 24.0 Å². The van der Waals surface area contributed by atoms with Gasteiger partial charge in [-0.15, -0.1) is 0 Å². The Morgan fingerprint density at radius 1 is 0.537 bits per heavy atom. The van der Waals surface area contributed by atoms with Crippen LogP contribution in [0.1, 0.15) is 43.0 Å². The molecule has 3 heterocycles. The first-order valence-corrected chi connectivity index (χ1v) is 18.7. The normalized spacial score (nSPS) is 13.2. The van der Waals surface area contributed by atoms with E-state index < -0.39 is 0 Å². The molecule has 5 nitrogen and oxygen atoms in total. The summed E-state index contributed by atoms with van der Waals surface area (Å²) in [5.41, 5.74) is 16.5. The lowest BCUT2D eigenvalue weighted by atomic mass is 9.87. The number of fused-ring (bicyclic) bond motifs is 6. The molecule has 0 atom stereocenters. The molecule has 9 rings (SSSR count). The summed E-state index contributed by atoms with van der Waals surface area (Å²) in [5.74, 6) is 2.41. The molecule has 266 valence electrons. The van der Waals surface area contributed by atoms with E-state index in [1.54, 1.807) is 0 Å². The molecule has 0 radical (unpaired) electrons. The summed E-state index contributed by atoms with van der Waals surface area (Å²) in [7, 11) is 0. The molecule has 54 heavy (non-hydrogen) atoms. The number of anilines is 7. The minimum Gasteiger partial charge on any atom is -0.457 e. The second-order valence-electron chi connectivity index (χ2n) is 15.6. The van der Waals surface area contributed by atoms with Crippen molar-refractivity contribution in [2.45, 2.75) is 47.0 Å². The fourth-order valence-electron chi connectivity index (χ4n) is 8.30. The number of nitrogens with zero attached hydrogens (tertiary/aromatic N) is 4. The Hall–Kier alpha value is -6.33. The van der Waals surface area contributed by atoms with Crippen molar-refractivity contribution < 1.29 is 4.74 Å². The number of rotatable bonds is 5. The molecule has 2 aliphatic heterocycles. The number of aryl methyl sites for hydroxylation is 3. The molecule has 0 aliphatic carbocycles. The third-order valence-corrected chi connectivity index (χ3v) is 10.7. The van der Waals surface area contributed by atoms with E-state index in [0.29, 0.717) is 6.67 Å². The first kappa shape index (κ1) is 33.5. The maximum atomic E-state index is 6.79. The van der Waals surface area contributed by atoms with Gasteiger partial charge in [-0.2, -0.15) is 0 Å². The zero-order valence-electron chi connectivity index (χ0n) is 31.8. The summed E-state index contributed by atoms with van der Waals surface area (Å²) in [5, 5.41) is 0. The Labute approximate surface area is 318 Å². The predicted octanol–water partition coefficient (Wildman–Crippen LogP) is 13.5. The highest BCUT2D eigenvalue weighted by Crippen LogP contribution is 2.52. The van der Waals surface area contributed by atoms with Crippen LogP contribution in [0.3, 0.4) is 0 Å². The molecule has 0 saturated heterocycles. The molecule has 0 unspecified atom stereocenters. The lowest BCUT2D eigenvalue weighted by Gasteiger charge is -2.28. The van der Waals surface area contributed by atoms with E-state index in [-0.39, 0.29) is 5.41 Å². The topological polar surface area (TPSA) is 31.8 Å². The number of benzene rings is 6. The van der Waals surface area contributed by atoms with Gasteiger partial charge in [0, 0.05) is 40.8 Å². The molecule has 0 spiro atoms. The van der Waals surface area contributed by atoms with Crippen molar-refractivity contribution in [3.8, 4) is 33.8 Å². The van der Waals surface area contributed by atoms with E-state index >= 15 is 0 Å². The highest BCUT2D eigenvalue weighted by molar-refractivity contribution is 6.02. The standard InChI is InChI=1S/C49H44N4O/c1-32-26-33(2)48(34(3)27-32)52-31-51(44-20-11-12-21-45(44)52)36-14-13-15-37(29-36)54-38-22-23-42-40-17-8-7-16-39(40)41-18-9-10-19-43(41)53(46(42)30-38)47-28-35(24-25-50-47)49(4,5)6/h7-30H,31H2,1-6H3. The van der Waals surface area contributed by atoms with Crippen LogP contribution in [0.5, 0.6) is 11.5 Å². The summed E-state index contributed by atoms with van der Waals surface area (Å²) < 4.78 is 6.79. The predicted molar refractivity (Wildman–Crippen MR) is 225 cm³/mol. The van der Waals surface area contributed by atoms with Crippen LogP contribution < -0.4 is 19.4 Å². The lowest BCUT2D eigenvalue weighted by Crippen LogP contribution is -2.25. The van der Waals surface area contributed by atoms with Gasteiger partial charge in [-0.1, -0.05) is 99.1 Å². The SMILES string of the molecule is Cc1cc(C)c(N2CN(c3cccc(Oc4ccc5c(c4)N(c4cc(C(C)(C)C)ccn4)c4ccccc4-c4ccccc4-5)c3)c3ccccc32)c(C)c1. The van der Waals surface area contributed by atoms with Gasteiger partial charge in [0.05, 0.1) is 22.7 Å². The van der Waals surface area contributed by atoms with Gasteiger partial charge in [0.25, 0.3) is 0 Å². The van der Waals surface area contributed by atoms with Crippen LogP contribution in [-0.4, -0.2) is 11.7 Å². The Balaban J connectivity index is 1.12. The van der Waals surface area contributed by atoms with Crippen LogP contribution in [0.4, 0.5) is 39.9 Å². The van der Waals surface area contributed by atoms with Gasteiger partial charge in [-0.25, -0.2) is 4.98 Å². The van der Waals surface area contributed by atoms with Crippen LogP contribution in [0.2, 0.25) is 0 Å². The van der Waals surface area contributed by atoms with Crippen LogP contribution in [-0.2, 0) is 5.41 Å². The van der Waals surface area contributed by atoms with Crippen LogP contribution >= 0.6 is 0 Å². The summed E-state index contributed by atoms with van der Waals surface area (Å²) in [6, 6.07) is 49.8.